The first-order valence-electron chi connectivity index (χ1n) is 13.6. The van der Waals surface area contributed by atoms with E-state index in [1.807, 2.05) is 176 Å². The van der Waals surface area contributed by atoms with Gasteiger partial charge in [0.1, 0.15) is 5.56 Å². The summed E-state index contributed by atoms with van der Waals surface area (Å²) >= 11 is 18.1. The van der Waals surface area contributed by atoms with Gasteiger partial charge in [0.05, 0.1) is 28.1 Å². The van der Waals surface area contributed by atoms with Crippen molar-refractivity contribution in [2.75, 3.05) is 22.6 Å². The van der Waals surface area contributed by atoms with E-state index in [0.717, 1.165) is 26.4 Å². The Hall–Kier alpha value is 1.10. The van der Waals surface area contributed by atoms with Crippen LogP contribution in [0.5, 0.6) is 0 Å². The lowest BCUT2D eigenvalue weighted by molar-refractivity contribution is -0.00983. The minimum atomic E-state index is -6.25. The van der Waals surface area contributed by atoms with Crippen molar-refractivity contribution in [3.63, 3.8) is 0 Å². The number of hydrogen-bond acceptors (Lipinski definition) is 8. The van der Waals surface area contributed by atoms with Crippen molar-refractivity contribution in [1.82, 2.24) is 0 Å². The van der Waals surface area contributed by atoms with E-state index in [2.05, 4.69) is 65.9 Å². The second-order valence-corrected chi connectivity index (χ2v) is 22.2. The summed E-state index contributed by atoms with van der Waals surface area (Å²) in [4.78, 5) is 55.0. The van der Waals surface area contributed by atoms with Gasteiger partial charge in [0, 0.05) is 37.8 Å². The summed E-state index contributed by atoms with van der Waals surface area (Å²) in [5, 5.41) is 2.84. The van der Waals surface area contributed by atoms with Crippen LogP contribution in [0.25, 0.3) is 0 Å². The van der Waals surface area contributed by atoms with Crippen LogP contribution in [0, 0.1) is 32.1 Å². The maximum Gasteiger partial charge on any atom is 0.367 e. The number of benzene rings is 4. The first-order chi connectivity index (χ1) is 24.5. The smallest absolute Gasteiger partial charge is 0.367 e. The molecule has 0 aromatic heterocycles. The average molecular weight is 1760 g/mol. The molecule has 0 aliphatic heterocycles. The molecule has 0 bridgehead atoms. The zero-order valence-corrected chi connectivity index (χ0v) is 45.4. The molecule has 0 aliphatic carbocycles. The highest BCUT2D eigenvalue weighted by atomic mass is 127. The Bertz CT molecular complexity index is 2240. The number of nitrogens with one attached hydrogen (secondary N) is 3. The number of carbonyl (C=O) groups excluding carboxylic acids is 4. The van der Waals surface area contributed by atoms with Gasteiger partial charge in [0.2, 0.25) is 0 Å². The van der Waals surface area contributed by atoms with Crippen LogP contribution >= 0.6 is 203 Å². The number of halogens is 11. The highest BCUT2D eigenvalue weighted by Gasteiger charge is 2.40. The standard InChI is InChI=1S/C30H14F2I9N3O8S/c31-30(32,53(49,50)51)9-52-29(48)22-20(43-27(46)15-2-11(34)5-18(37)24(15)40)7-13(42-26(45)14-1-10(33)4-17(36)23(14)39)8-21(22)44-28(47)16-3-12(35)6-19(38)25(16)41/h1-8H,9H2,(H,42,45)(H,43,46)(H,44,47)(H,49,50,51)/p-1. The third-order valence-electron chi connectivity index (χ3n) is 6.55. The van der Waals surface area contributed by atoms with Crippen LogP contribution in [-0.4, -0.2) is 48.5 Å². The summed E-state index contributed by atoms with van der Waals surface area (Å²) in [5.74, 6) is -3.76. The SMILES string of the molecule is O=C(Nc1cc(NC(=O)c2cc(I)cc(I)c2I)c(C(=O)OCC(F)(F)S(=O)(=O)[O-])c(NC(=O)c2cc(I)cc(I)c2I)c1)c1cc(I)cc(I)c1I. The number of anilines is 3. The Morgan fingerprint density at radius 1 is 0.604 bits per heavy atom. The minimum absolute atomic E-state index is 0.0480. The number of ether oxygens (including phenoxy) is 1. The number of carbonyl (C=O) groups is 4. The monoisotopic (exact) mass is 1760 g/mol. The van der Waals surface area contributed by atoms with Gasteiger partial charge in [-0.25, -0.2) is 13.2 Å². The normalized spacial score (nSPS) is 11.5. The molecule has 0 heterocycles. The lowest BCUT2D eigenvalue weighted by atomic mass is 10.1. The van der Waals surface area contributed by atoms with Crippen molar-refractivity contribution in [3.05, 3.63) is 103 Å². The van der Waals surface area contributed by atoms with E-state index in [1.54, 1.807) is 18.2 Å². The first kappa shape index (κ1) is 46.8. The molecule has 280 valence electrons. The van der Waals surface area contributed by atoms with Gasteiger partial charge < -0.3 is 25.2 Å². The van der Waals surface area contributed by atoms with Crippen LogP contribution in [0.3, 0.4) is 0 Å². The van der Waals surface area contributed by atoms with Crippen LogP contribution in [0.4, 0.5) is 25.8 Å². The van der Waals surface area contributed by atoms with Crippen molar-refractivity contribution in [3.8, 4) is 0 Å². The van der Waals surface area contributed by atoms with Crippen molar-refractivity contribution in [1.29, 1.82) is 0 Å². The highest BCUT2D eigenvalue weighted by Crippen LogP contribution is 2.35. The fraction of sp³-hybridized carbons (Fsp3) is 0.0667. The van der Waals surface area contributed by atoms with E-state index in [-0.39, 0.29) is 22.4 Å². The van der Waals surface area contributed by atoms with Crippen LogP contribution in [0.1, 0.15) is 41.4 Å². The Morgan fingerprint density at radius 2 is 0.943 bits per heavy atom. The minimum Gasteiger partial charge on any atom is -0.743 e. The second-order valence-electron chi connectivity index (χ2n) is 10.2. The molecule has 11 nitrogen and oxygen atoms in total. The van der Waals surface area contributed by atoms with Gasteiger partial charge in [-0.15, -0.1) is 0 Å². The number of hydrogen-bond donors (Lipinski definition) is 3. The van der Waals surface area contributed by atoms with E-state index in [1.165, 1.54) is 0 Å². The van der Waals surface area contributed by atoms with Crippen LogP contribution in [0.15, 0.2) is 48.5 Å². The predicted octanol–water partition coefficient (Wildman–Crippen LogP) is 10.2. The van der Waals surface area contributed by atoms with Crippen molar-refractivity contribution in [2.45, 2.75) is 5.25 Å². The van der Waals surface area contributed by atoms with E-state index < -0.39 is 62.6 Å². The molecule has 0 unspecified atom stereocenters. The molecule has 53 heavy (non-hydrogen) atoms. The Balaban J connectivity index is 1.95. The number of rotatable bonds is 10. The Labute approximate surface area is 423 Å². The molecular weight excluding hydrogens is 1740 g/mol. The van der Waals surface area contributed by atoms with Crippen molar-refractivity contribution in [2.24, 2.45) is 0 Å². The maximum atomic E-state index is 14.2. The number of esters is 1. The fourth-order valence-electron chi connectivity index (χ4n) is 4.17. The molecule has 23 heteroatoms. The van der Waals surface area contributed by atoms with Gasteiger partial charge in [-0.2, -0.15) is 8.78 Å². The van der Waals surface area contributed by atoms with Gasteiger partial charge in [-0.05, 0) is 252 Å². The largest absolute Gasteiger partial charge is 0.743 e. The molecule has 4 rings (SSSR count). The lowest BCUT2D eigenvalue weighted by Crippen LogP contribution is -2.35. The molecule has 0 aliphatic rings. The second kappa shape index (κ2) is 19.4. The number of amides is 3. The van der Waals surface area contributed by atoms with Gasteiger partial charge in [-0.1, -0.05) is 0 Å². The molecular formula is C30H13F2I9N3O8S-. The van der Waals surface area contributed by atoms with Crippen LogP contribution < -0.4 is 16.0 Å². The summed E-state index contributed by atoms with van der Waals surface area (Å²) in [5.41, 5.74) is -0.947. The van der Waals surface area contributed by atoms with E-state index in [0.29, 0.717) is 17.9 Å². The molecule has 3 N–H and O–H groups in total. The van der Waals surface area contributed by atoms with E-state index in [4.69, 9.17) is 0 Å². The van der Waals surface area contributed by atoms with Crippen LogP contribution in [-0.2, 0) is 14.9 Å². The maximum absolute atomic E-state index is 14.2. The van der Waals surface area contributed by atoms with Gasteiger partial charge in [0.25, 0.3) is 17.7 Å². The van der Waals surface area contributed by atoms with Crippen molar-refractivity contribution >= 4 is 254 Å². The molecule has 0 saturated heterocycles. The van der Waals surface area contributed by atoms with E-state index >= 15 is 0 Å². The predicted molar refractivity (Wildman–Crippen MR) is 269 cm³/mol. The molecule has 3 amide bonds. The highest BCUT2D eigenvalue weighted by molar-refractivity contribution is 14.1. The summed E-state index contributed by atoms with van der Waals surface area (Å²) in [7, 11) is -6.25. The zero-order chi connectivity index (χ0) is 39.7. The lowest BCUT2D eigenvalue weighted by Gasteiger charge is -2.22. The summed E-state index contributed by atoms with van der Waals surface area (Å²) in [6.45, 7) is -2.17. The topological polar surface area (TPSA) is 171 Å². The van der Waals surface area contributed by atoms with Gasteiger partial charge in [0.15, 0.2) is 16.7 Å². The average Bonchev–Trinajstić information content (AvgIpc) is 3.04. The molecule has 4 aromatic rings. The molecule has 0 radical (unpaired) electrons. The van der Waals surface area contributed by atoms with Crippen LogP contribution in [0.2, 0.25) is 0 Å². The zero-order valence-electron chi connectivity index (χ0n) is 25.2. The van der Waals surface area contributed by atoms with Gasteiger partial charge >= 0.3 is 11.2 Å². The van der Waals surface area contributed by atoms with Crippen molar-refractivity contribution < 1.29 is 45.7 Å². The van der Waals surface area contributed by atoms with E-state index in [9.17, 15) is 40.9 Å². The Kier molecular flexibility index (Phi) is 17.2. The molecule has 0 spiro atoms. The molecule has 0 atom stereocenters. The summed E-state index contributed by atoms with van der Waals surface area (Å²) < 4.78 is 72.7. The summed E-state index contributed by atoms with van der Waals surface area (Å²) in [6, 6.07) is 12.6. The number of alkyl halides is 2. The third kappa shape index (κ3) is 11.9. The molecule has 0 fully saturated rings. The quantitative estimate of drug-likeness (QED) is 0.0610. The Morgan fingerprint density at radius 3 is 1.28 bits per heavy atom. The third-order valence-corrected chi connectivity index (χ3v) is 18.4. The summed E-state index contributed by atoms with van der Waals surface area (Å²) in [6.07, 6.45) is 0. The van der Waals surface area contributed by atoms with Gasteiger partial charge in [-0.3, -0.25) is 14.4 Å². The first-order valence-corrected chi connectivity index (χ1v) is 24.7. The fourth-order valence-corrected chi connectivity index (χ4v) is 11.6. The molecule has 4 aromatic carbocycles. The molecule has 0 saturated carbocycles.